The summed E-state index contributed by atoms with van der Waals surface area (Å²) in [7, 11) is 0. The second-order valence-corrected chi connectivity index (χ2v) is 2.16. The number of nitrogens with two attached hydrogens (primary N) is 1. The molecule has 0 aliphatic heterocycles. The Morgan fingerprint density at radius 2 is 2.38 bits per heavy atom. The van der Waals surface area contributed by atoms with Gasteiger partial charge in [0.2, 0.25) is 5.76 Å². The standard InChI is InChI=1S/C7H8N2O4/c1-2-12-7(11)4-3-5(6(8)10)13-9-4/h3H,2H2,1H3,(H2,8,10). The Balaban J connectivity index is 2.79. The normalized spacial score (nSPS) is 9.62. The summed E-state index contributed by atoms with van der Waals surface area (Å²) in [6.45, 7) is 1.89. The van der Waals surface area contributed by atoms with Crippen LogP contribution in [0.5, 0.6) is 0 Å². The highest BCUT2D eigenvalue weighted by molar-refractivity contribution is 5.93. The molecule has 70 valence electrons. The molecule has 0 aromatic carbocycles. The predicted molar refractivity (Wildman–Crippen MR) is 41.0 cm³/mol. The Kier molecular flexibility index (Phi) is 2.63. The van der Waals surface area contributed by atoms with Crippen molar-refractivity contribution in [3.8, 4) is 0 Å². The number of nitrogens with zero attached hydrogens (tertiary/aromatic N) is 1. The molecule has 1 amide bonds. The first kappa shape index (κ1) is 9.24. The van der Waals surface area contributed by atoms with Crippen molar-refractivity contribution >= 4 is 11.9 Å². The molecule has 1 rings (SSSR count). The molecular formula is C7H8N2O4. The summed E-state index contributed by atoms with van der Waals surface area (Å²) in [5.74, 6) is -1.58. The Morgan fingerprint density at radius 1 is 1.69 bits per heavy atom. The van der Waals surface area contributed by atoms with E-state index < -0.39 is 11.9 Å². The zero-order valence-electron chi connectivity index (χ0n) is 6.94. The van der Waals surface area contributed by atoms with E-state index in [9.17, 15) is 9.59 Å². The highest BCUT2D eigenvalue weighted by Gasteiger charge is 2.15. The van der Waals surface area contributed by atoms with Gasteiger partial charge in [-0.25, -0.2) is 4.79 Å². The summed E-state index contributed by atoms with van der Waals surface area (Å²) < 4.78 is 9.08. The monoisotopic (exact) mass is 184 g/mol. The Morgan fingerprint density at radius 3 is 2.85 bits per heavy atom. The molecule has 1 heterocycles. The van der Waals surface area contributed by atoms with Crippen LogP contribution in [0.15, 0.2) is 10.6 Å². The minimum atomic E-state index is -0.775. The minimum Gasteiger partial charge on any atom is -0.461 e. The van der Waals surface area contributed by atoms with E-state index in [1.54, 1.807) is 6.92 Å². The molecule has 0 fully saturated rings. The molecule has 0 aliphatic carbocycles. The average Bonchev–Trinajstić information content (AvgIpc) is 2.52. The van der Waals surface area contributed by atoms with E-state index in [2.05, 4.69) is 14.4 Å². The number of carbonyl (C=O) groups is 2. The number of aromatic nitrogens is 1. The lowest BCUT2D eigenvalue weighted by Crippen LogP contribution is -2.09. The van der Waals surface area contributed by atoms with E-state index in [0.717, 1.165) is 6.07 Å². The van der Waals surface area contributed by atoms with Crippen LogP contribution in [0.1, 0.15) is 28.0 Å². The largest absolute Gasteiger partial charge is 0.461 e. The number of rotatable bonds is 3. The number of amides is 1. The summed E-state index contributed by atoms with van der Waals surface area (Å²) >= 11 is 0. The van der Waals surface area contributed by atoms with E-state index in [0.29, 0.717) is 0 Å². The van der Waals surface area contributed by atoms with E-state index in [1.807, 2.05) is 0 Å². The molecule has 6 heteroatoms. The minimum absolute atomic E-state index is 0.0596. The summed E-state index contributed by atoms with van der Waals surface area (Å²) in [5, 5.41) is 3.31. The van der Waals surface area contributed by atoms with Crippen LogP contribution in [0.3, 0.4) is 0 Å². The number of hydrogen-bond acceptors (Lipinski definition) is 5. The van der Waals surface area contributed by atoms with Gasteiger partial charge in [-0.2, -0.15) is 0 Å². The SMILES string of the molecule is CCOC(=O)c1cc(C(N)=O)on1. The highest BCUT2D eigenvalue weighted by atomic mass is 16.5. The van der Waals surface area contributed by atoms with Crippen molar-refractivity contribution in [2.45, 2.75) is 6.92 Å². The topological polar surface area (TPSA) is 95.4 Å². The van der Waals surface area contributed by atoms with E-state index in [-0.39, 0.29) is 18.1 Å². The molecule has 6 nitrogen and oxygen atoms in total. The molecular weight excluding hydrogens is 176 g/mol. The van der Waals surface area contributed by atoms with Gasteiger partial charge in [-0.3, -0.25) is 4.79 Å². The van der Waals surface area contributed by atoms with Gasteiger partial charge in [-0.05, 0) is 6.92 Å². The second kappa shape index (κ2) is 3.70. The lowest BCUT2D eigenvalue weighted by molar-refractivity contribution is 0.0514. The predicted octanol–water partition coefficient (Wildman–Crippen LogP) is -0.0498. The third-order valence-corrected chi connectivity index (χ3v) is 1.24. The fraction of sp³-hybridized carbons (Fsp3) is 0.286. The fourth-order valence-electron chi connectivity index (χ4n) is 0.693. The average molecular weight is 184 g/mol. The van der Waals surface area contributed by atoms with Crippen molar-refractivity contribution in [3.63, 3.8) is 0 Å². The van der Waals surface area contributed by atoms with Gasteiger partial charge in [-0.15, -0.1) is 0 Å². The summed E-state index contributed by atoms with van der Waals surface area (Å²) in [5.41, 5.74) is 4.82. The van der Waals surface area contributed by atoms with Gasteiger partial charge in [-0.1, -0.05) is 5.16 Å². The highest BCUT2D eigenvalue weighted by Crippen LogP contribution is 2.03. The van der Waals surface area contributed by atoms with Crippen molar-refractivity contribution < 1.29 is 18.8 Å². The van der Waals surface area contributed by atoms with Crippen LogP contribution in [0.25, 0.3) is 0 Å². The molecule has 0 bridgehead atoms. The van der Waals surface area contributed by atoms with Crippen molar-refractivity contribution in [1.29, 1.82) is 0 Å². The van der Waals surface area contributed by atoms with Gasteiger partial charge < -0.3 is 15.0 Å². The first-order valence-electron chi connectivity index (χ1n) is 3.58. The van der Waals surface area contributed by atoms with Gasteiger partial charge in [0.25, 0.3) is 5.91 Å². The maximum Gasteiger partial charge on any atom is 0.360 e. The first-order valence-corrected chi connectivity index (χ1v) is 3.58. The summed E-state index contributed by atoms with van der Waals surface area (Å²) in [4.78, 5) is 21.5. The smallest absolute Gasteiger partial charge is 0.360 e. The maximum atomic E-state index is 11.0. The molecule has 13 heavy (non-hydrogen) atoms. The number of esters is 1. The van der Waals surface area contributed by atoms with Gasteiger partial charge in [0.05, 0.1) is 6.61 Å². The van der Waals surface area contributed by atoms with Gasteiger partial charge in [0.1, 0.15) is 0 Å². The van der Waals surface area contributed by atoms with Crippen molar-refractivity contribution in [2.75, 3.05) is 6.61 Å². The van der Waals surface area contributed by atoms with Crippen LogP contribution in [-0.4, -0.2) is 23.6 Å². The van der Waals surface area contributed by atoms with Crippen LogP contribution >= 0.6 is 0 Å². The van der Waals surface area contributed by atoms with Crippen LogP contribution < -0.4 is 5.73 Å². The lowest BCUT2D eigenvalue weighted by atomic mass is 10.3. The Bertz CT molecular complexity index is 331. The van der Waals surface area contributed by atoms with Crippen molar-refractivity contribution in [3.05, 3.63) is 17.5 Å². The number of hydrogen-bond donors (Lipinski definition) is 1. The van der Waals surface area contributed by atoms with E-state index in [4.69, 9.17) is 5.73 Å². The quantitative estimate of drug-likeness (QED) is 0.664. The molecule has 0 saturated carbocycles. The van der Waals surface area contributed by atoms with E-state index >= 15 is 0 Å². The first-order chi connectivity index (χ1) is 6.15. The van der Waals surface area contributed by atoms with Gasteiger partial charge in [0, 0.05) is 6.07 Å². The number of ether oxygens (including phenoxy) is 1. The van der Waals surface area contributed by atoms with Gasteiger partial charge >= 0.3 is 5.97 Å². The molecule has 0 spiro atoms. The van der Waals surface area contributed by atoms with Crippen molar-refractivity contribution in [2.24, 2.45) is 5.73 Å². The lowest BCUT2D eigenvalue weighted by Gasteiger charge is -1.94. The molecule has 0 radical (unpaired) electrons. The zero-order chi connectivity index (χ0) is 9.84. The Labute approximate surface area is 73.6 Å². The molecule has 2 N–H and O–H groups in total. The fourth-order valence-corrected chi connectivity index (χ4v) is 0.693. The number of primary amides is 1. The van der Waals surface area contributed by atoms with Crippen LogP contribution in [0.4, 0.5) is 0 Å². The molecule has 0 saturated heterocycles. The summed E-state index contributed by atoms with van der Waals surface area (Å²) in [6.07, 6.45) is 0. The maximum absolute atomic E-state index is 11.0. The Hall–Kier alpha value is -1.85. The number of carbonyl (C=O) groups excluding carboxylic acids is 2. The van der Waals surface area contributed by atoms with Crippen LogP contribution in [0, 0.1) is 0 Å². The van der Waals surface area contributed by atoms with Gasteiger partial charge in [0.15, 0.2) is 5.69 Å². The van der Waals surface area contributed by atoms with E-state index in [1.165, 1.54) is 0 Å². The van der Waals surface area contributed by atoms with Crippen LogP contribution in [-0.2, 0) is 4.74 Å². The van der Waals surface area contributed by atoms with Crippen LogP contribution in [0.2, 0.25) is 0 Å². The molecule has 1 aromatic heterocycles. The molecule has 0 atom stereocenters. The molecule has 1 aromatic rings. The summed E-state index contributed by atoms with van der Waals surface area (Å²) in [6, 6.07) is 1.14. The third kappa shape index (κ3) is 2.05. The molecule has 0 unspecified atom stereocenters. The zero-order valence-corrected chi connectivity index (χ0v) is 6.94. The third-order valence-electron chi connectivity index (χ3n) is 1.24. The molecule has 0 aliphatic rings. The second-order valence-electron chi connectivity index (χ2n) is 2.16. The van der Waals surface area contributed by atoms with Crippen molar-refractivity contribution in [1.82, 2.24) is 5.16 Å².